The Balaban J connectivity index is 2.29. The first-order chi connectivity index (χ1) is 5.24. The molecule has 1 heterocycles. The summed E-state index contributed by atoms with van der Waals surface area (Å²) in [4.78, 5) is 4.65. The lowest BCUT2D eigenvalue weighted by atomic mass is 10.3. The van der Waals surface area contributed by atoms with Gasteiger partial charge in [-0.15, -0.1) is 0 Å². The van der Waals surface area contributed by atoms with Gasteiger partial charge in [-0.3, -0.25) is 0 Å². The number of rotatable bonds is 3. The number of hydrogen-bond acceptors (Lipinski definition) is 2. The van der Waals surface area contributed by atoms with E-state index in [9.17, 15) is 0 Å². The smallest absolute Gasteiger partial charge is 0.0893 e. The second-order valence-electron chi connectivity index (χ2n) is 3.28. The summed E-state index contributed by atoms with van der Waals surface area (Å²) >= 11 is 0. The highest BCUT2D eigenvalue weighted by molar-refractivity contribution is 5.01. The van der Waals surface area contributed by atoms with Gasteiger partial charge in [0.1, 0.15) is 0 Å². The van der Waals surface area contributed by atoms with Crippen LogP contribution in [0, 0.1) is 0 Å². The van der Waals surface area contributed by atoms with Crippen LogP contribution in [0.25, 0.3) is 0 Å². The van der Waals surface area contributed by atoms with Crippen molar-refractivity contribution in [3.05, 3.63) is 11.9 Å². The van der Waals surface area contributed by atoms with Crippen LogP contribution in [0.1, 0.15) is 26.7 Å². The quantitative estimate of drug-likeness (QED) is 0.612. The highest BCUT2D eigenvalue weighted by Gasteiger charge is 2.11. The number of allylic oxidation sites excluding steroid dienone is 1. The molecule has 0 radical (unpaired) electrons. The van der Waals surface area contributed by atoms with E-state index in [2.05, 4.69) is 36.9 Å². The molecular weight excluding hydrogens is 136 g/mol. The van der Waals surface area contributed by atoms with E-state index >= 15 is 0 Å². The molecular formula is C9H18N2. The maximum absolute atomic E-state index is 2.37. The first kappa shape index (κ1) is 8.44. The molecule has 0 aromatic heterocycles. The lowest BCUT2D eigenvalue weighted by molar-refractivity contribution is 0.285. The van der Waals surface area contributed by atoms with E-state index in [1.165, 1.54) is 25.1 Å². The van der Waals surface area contributed by atoms with Crippen LogP contribution in [0.3, 0.4) is 0 Å². The molecule has 0 saturated heterocycles. The molecule has 0 atom stereocenters. The molecule has 1 aliphatic rings. The molecule has 0 fully saturated rings. The zero-order chi connectivity index (χ0) is 8.27. The molecule has 64 valence electrons. The van der Waals surface area contributed by atoms with E-state index < -0.39 is 0 Å². The van der Waals surface area contributed by atoms with Gasteiger partial charge in [-0.2, -0.15) is 0 Å². The first-order valence-electron chi connectivity index (χ1n) is 4.37. The molecule has 11 heavy (non-hydrogen) atoms. The average Bonchev–Trinajstić information content (AvgIpc) is 2.28. The van der Waals surface area contributed by atoms with Crippen LogP contribution in [0.5, 0.6) is 0 Å². The third-order valence-corrected chi connectivity index (χ3v) is 2.16. The molecule has 0 aliphatic carbocycles. The standard InChI is InChI=1S/C9H18N2/c1-4-5-6-11-7-9(2)10(3)8-11/h7H,4-6,8H2,1-3H3. The van der Waals surface area contributed by atoms with Crippen molar-refractivity contribution in [1.29, 1.82) is 0 Å². The van der Waals surface area contributed by atoms with Crippen molar-refractivity contribution in [2.24, 2.45) is 0 Å². The highest BCUT2D eigenvalue weighted by atomic mass is 15.3. The molecule has 2 heteroatoms. The minimum absolute atomic E-state index is 1.08. The van der Waals surface area contributed by atoms with Crippen molar-refractivity contribution in [2.75, 3.05) is 20.3 Å². The summed E-state index contributed by atoms with van der Waals surface area (Å²) in [5.41, 5.74) is 1.38. The molecule has 0 spiro atoms. The molecule has 2 nitrogen and oxygen atoms in total. The summed E-state index contributed by atoms with van der Waals surface area (Å²) in [6, 6.07) is 0. The Bertz CT molecular complexity index is 152. The Morgan fingerprint density at radius 3 is 2.73 bits per heavy atom. The molecule has 0 amide bonds. The lowest BCUT2D eigenvalue weighted by Crippen LogP contribution is -2.23. The van der Waals surface area contributed by atoms with Gasteiger partial charge >= 0.3 is 0 Å². The molecule has 0 unspecified atom stereocenters. The lowest BCUT2D eigenvalue weighted by Gasteiger charge is -2.17. The predicted octanol–water partition coefficient (Wildman–Crippen LogP) is 1.85. The normalized spacial score (nSPS) is 17.5. The van der Waals surface area contributed by atoms with E-state index in [4.69, 9.17) is 0 Å². The summed E-state index contributed by atoms with van der Waals surface area (Å²) in [6.45, 7) is 6.67. The van der Waals surface area contributed by atoms with Crippen molar-refractivity contribution in [2.45, 2.75) is 26.7 Å². The largest absolute Gasteiger partial charge is 0.359 e. The van der Waals surface area contributed by atoms with Crippen molar-refractivity contribution in [3.8, 4) is 0 Å². The third kappa shape index (κ3) is 2.14. The minimum atomic E-state index is 1.08. The summed E-state index contributed by atoms with van der Waals surface area (Å²) in [5.74, 6) is 0. The minimum Gasteiger partial charge on any atom is -0.359 e. The number of nitrogens with zero attached hydrogens (tertiary/aromatic N) is 2. The Hall–Kier alpha value is -0.660. The van der Waals surface area contributed by atoms with E-state index in [-0.39, 0.29) is 0 Å². The van der Waals surface area contributed by atoms with Gasteiger partial charge in [0.25, 0.3) is 0 Å². The van der Waals surface area contributed by atoms with Gasteiger partial charge in [0.05, 0.1) is 6.67 Å². The topological polar surface area (TPSA) is 6.48 Å². The Labute approximate surface area is 69.5 Å². The fourth-order valence-corrected chi connectivity index (χ4v) is 1.28. The molecule has 0 bridgehead atoms. The van der Waals surface area contributed by atoms with E-state index in [1.807, 2.05) is 0 Å². The summed E-state index contributed by atoms with van der Waals surface area (Å²) < 4.78 is 0. The Morgan fingerprint density at radius 1 is 1.55 bits per heavy atom. The van der Waals surface area contributed by atoms with Crippen molar-refractivity contribution in [1.82, 2.24) is 9.80 Å². The second-order valence-corrected chi connectivity index (χ2v) is 3.28. The molecule has 1 aliphatic heterocycles. The van der Waals surface area contributed by atoms with Gasteiger partial charge in [0.2, 0.25) is 0 Å². The summed E-state index contributed by atoms with van der Waals surface area (Å²) in [5, 5.41) is 0. The molecule has 0 saturated carbocycles. The van der Waals surface area contributed by atoms with Crippen LogP contribution in [0.15, 0.2) is 11.9 Å². The zero-order valence-corrected chi connectivity index (χ0v) is 7.80. The summed E-state index contributed by atoms with van der Waals surface area (Å²) in [7, 11) is 2.14. The van der Waals surface area contributed by atoms with Crippen LogP contribution in [-0.4, -0.2) is 30.1 Å². The first-order valence-corrected chi connectivity index (χ1v) is 4.37. The van der Waals surface area contributed by atoms with Crippen molar-refractivity contribution in [3.63, 3.8) is 0 Å². The van der Waals surface area contributed by atoms with E-state index in [0.29, 0.717) is 0 Å². The Kier molecular flexibility index (Phi) is 2.80. The van der Waals surface area contributed by atoms with Crippen LogP contribution in [-0.2, 0) is 0 Å². The van der Waals surface area contributed by atoms with E-state index in [1.54, 1.807) is 0 Å². The van der Waals surface area contributed by atoms with E-state index in [0.717, 1.165) is 6.67 Å². The van der Waals surface area contributed by atoms with Gasteiger partial charge in [-0.25, -0.2) is 0 Å². The second kappa shape index (κ2) is 3.65. The maximum Gasteiger partial charge on any atom is 0.0893 e. The van der Waals surface area contributed by atoms with Crippen LogP contribution < -0.4 is 0 Å². The number of hydrogen-bond donors (Lipinski definition) is 0. The third-order valence-electron chi connectivity index (χ3n) is 2.16. The molecule has 0 N–H and O–H groups in total. The van der Waals surface area contributed by atoms with Gasteiger partial charge < -0.3 is 9.80 Å². The summed E-state index contributed by atoms with van der Waals surface area (Å²) in [6.07, 6.45) is 4.83. The SMILES string of the molecule is CCCCN1C=C(C)N(C)C1. The van der Waals surface area contributed by atoms with Gasteiger partial charge in [0.15, 0.2) is 0 Å². The van der Waals surface area contributed by atoms with Crippen LogP contribution >= 0.6 is 0 Å². The fraction of sp³-hybridized carbons (Fsp3) is 0.778. The van der Waals surface area contributed by atoms with Gasteiger partial charge in [-0.1, -0.05) is 13.3 Å². The Morgan fingerprint density at radius 2 is 2.27 bits per heavy atom. The van der Waals surface area contributed by atoms with Crippen LogP contribution in [0.4, 0.5) is 0 Å². The van der Waals surface area contributed by atoms with Gasteiger partial charge in [0, 0.05) is 25.5 Å². The molecule has 0 aromatic rings. The monoisotopic (exact) mass is 154 g/mol. The maximum atomic E-state index is 2.37. The van der Waals surface area contributed by atoms with Crippen LogP contribution in [0.2, 0.25) is 0 Å². The molecule has 1 rings (SSSR count). The molecule has 0 aromatic carbocycles. The van der Waals surface area contributed by atoms with Crippen molar-refractivity contribution >= 4 is 0 Å². The zero-order valence-electron chi connectivity index (χ0n) is 7.80. The highest BCUT2D eigenvalue weighted by Crippen LogP contribution is 2.12. The fourth-order valence-electron chi connectivity index (χ4n) is 1.28. The van der Waals surface area contributed by atoms with Crippen molar-refractivity contribution < 1.29 is 0 Å². The predicted molar refractivity (Wildman–Crippen MR) is 48.0 cm³/mol. The number of unbranched alkanes of at least 4 members (excludes halogenated alkanes) is 1. The van der Waals surface area contributed by atoms with Gasteiger partial charge in [-0.05, 0) is 13.3 Å². The average molecular weight is 154 g/mol.